The Morgan fingerprint density at radius 2 is 1.94 bits per heavy atom. The second kappa shape index (κ2) is 6.59. The number of sulfonamides is 1. The number of benzene rings is 1. The van der Waals surface area contributed by atoms with Crippen LogP contribution in [-0.2, 0) is 16.6 Å². The molecule has 1 aromatic rings. The molecule has 0 radical (unpaired) electrons. The van der Waals surface area contributed by atoms with Gasteiger partial charge in [0, 0.05) is 6.54 Å². The van der Waals surface area contributed by atoms with Crippen LogP contribution in [0.15, 0.2) is 18.2 Å². The van der Waals surface area contributed by atoms with Crippen LogP contribution in [0.5, 0.6) is 0 Å². The normalized spacial score (nSPS) is 11.7. The molecule has 0 saturated carbocycles. The van der Waals surface area contributed by atoms with Crippen LogP contribution in [0.25, 0.3) is 0 Å². The van der Waals surface area contributed by atoms with E-state index in [4.69, 9.17) is 23.2 Å². The molecule has 0 saturated heterocycles. The van der Waals surface area contributed by atoms with E-state index in [1.807, 2.05) is 6.92 Å². The van der Waals surface area contributed by atoms with Crippen molar-refractivity contribution >= 4 is 33.2 Å². The molecule has 0 bridgehead atoms. The minimum atomic E-state index is -3.19. The average Bonchev–Trinajstić information content (AvgIpc) is 2.28. The molecule has 96 valence electrons. The van der Waals surface area contributed by atoms with Crippen LogP contribution < -0.4 is 4.72 Å². The van der Waals surface area contributed by atoms with E-state index in [0.717, 1.165) is 12.0 Å². The highest BCUT2D eigenvalue weighted by molar-refractivity contribution is 7.89. The predicted molar refractivity (Wildman–Crippen MR) is 72.0 cm³/mol. The van der Waals surface area contributed by atoms with Crippen molar-refractivity contribution in [3.05, 3.63) is 33.8 Å². The number of unbranched alkanes of at least 4 members (excludes halogenated alkanes) is 1. The van der Waals surface area contributed by atoms with E-state index in [1.54, 1.807) is 18.2 Å². The molecule has 1 aromatic carbocycles. The maximum absolute atomic E-state index is 11.5. The summed E-state index contributed by atoms with van der Waals surface area (Å²) in [5, 5.41) is 0.890. The zero-order valence-corrected chi connectivity index (χ0v) is 11.9. The van der Waals surface area contributed by atoms with Crippen LogP contribution in [0.4, 0.5) is 0 Å². The number of hydrogen-bond donors (Lipinski definition) is 1. The maximum Gasteiger partial charge on any atom is 0.211 e. The van der Waals surface area contributed by atoms with E-state index in [1.165, 1.54) is 0 Å². The first kappa shape index (κ1) is 14.8. The van der Waals surface area contributed by atoms with Gasteiger partial charge in [0.05, 0.1) is 15.8 Å². The minimum absolute atomic E-state index is 0.158. The van der Waals surface area contributed by atoms with E-state index in [2.05, 4.69) is 4.72 Å². The summed E-state index contributed by atoms with van der Waals surface area (Å²) in [6, 6.07) is 5.06. The van der Waals surface area contributed by atoms with Gasteiger partial charge in [-0.1, -0.05) is 42.6 Å². The Balaban J connectivity index is 2.58. The maximum atomic E-state index is 11.5. The third-order valence-corrected chi connectivity index (χ3v) is 4.40. The van der Waals surface area contributed by atoms with Crippen molar-refractivity contribution in [2.75, 3.05) is 5.75 Å². The molecule has 0 unspecified atom stereocenters. The molecule has 0 heterocycles. The van der Waals surface area contributed by atoms with Crippen LogP contribution in [0.1, 0.15) is 25.3 Å². The molecule has 0 aliphatic heterocycles. The van der Waals surface area contributed by atoms with Gasteiger partial charge in [-0.3, -0.25) is 0 Å². The molecular weight excluding hydrogens is 281 g/mol. The molecule has 0 aliphatic rings. The second-order valence-electron chi connectivity index (χ2n) is 3.74. The van der Waals surface area contributed by atoms with Gasteiger partial charge in [0.15, 0.2) is 0 Å². The summed E-state index contributed by atoms with van der Waals surface area (Å²) in [5.74, 6) is 0.158. The van der Waals surface area contributed by atoms with Gasteiger partial charge in [0.25, 0.3) is 0 Å². The predicted octanol–water partition coefficient (Wildman–Crippen LogP) is 3.21. The Morgan fingerprint density at radius 3 is 2.53 bits per heavy atom. The summed E-state index contributed by atoms with van der Waals surface area (Å²) < 4.78 is 25.6. The lowest BCUT2D eigenvalue weighted by Gasteiger charge is -2.07. The van der Waals surface area contributed by atoms with Crippen molar-refractivity contribution in [2.24, 2.45) is 0 Å². The molecule has 1 N–H and O–H groups in total. The molecule has 0 atom stereocenters. The summed E-state index contributed by atoms with van der Waals surface area (Å²) >= 11 is 11.6. The topological polar surface area (TPSA) is 46.2 Å². The van der Waals surface area contributed by atoms with Gasteiger partial charge < -0.3 is 0 Å². The van der Waals surface area contributed by atoms with Gasteiger partial charge in [0.2, 0.25) is 10.0 Å². The largest absolute Gasteiger partial charge is 0.212 e. The fourth-order valence-electron chi connectivity index (χ4n) is 1.25. The Hall–Kier alpha value is -0.290. The van der Waals surface area contributed by atoms with Crippen molar-refractivity contribution in [1.29, 1.82) is 0 Å². The van der Waals surface area contributed by atoms with E-state index < -0.39 is 10.0 Å². The molecular formula is C11H15Cl2NO2S. The molecule has 3 nitrogen and oxygen atoms in total. The van der Waals surface area contributed by atoms with E-state index in [9.17, 15) is 8.42 Å². The molecule has 0 aromatic heterocycles. The SMILES string of the molecule is CCCCS(=O)(=O)NCc1ccc(Cl)c(Cl)c1. The third kappa shape index (κ3) is 5.25. The van der Waals surface area contributed by atoms with Crippen LogP contribution in [0.3, 0.4) is 0 Å². The smallest absolute Gasteiger partial charge is 0.211 e. The summed E-state index contributed by atoms with van der Waals surface area (Å²) in [6.07, 6.45) is 1.52. The highest BCUT2D eigenvalue weighted by Crippen LogP contribution is 2.22. The first-order chi connectivity index (χ1) is 7.94. The zero-order chi connectivity index (χ0) is 12.9. The first-order valence-corrected chi connectivity index (χ1v) is 7.76. The van der Waals surface area contributed by atoms with Gasteiger partial charge >= 0.3 is 0 Å². The van der Waals surface area contributed by atoms with Crippen LogP contribution in [0.2, 0.25) is 10.0 Å². The number of rotatable bonds is 6. The van der Waals surface area contributed by atoms with E-state index >= 15 is 0 Å². The van der Waals surface area contributed by atoms with Gasteiger partial charge in [-0.2, -0.15) is 0 Å². The van der Waals surface area contributed by atoms with Crippen molar-refractivity contribution in [3.63, 3.8) is 0 Å². The number of hydrogen-bond acceptors (Lipinski definition) is 2. The van der Waals surface area contributed by atoms with Crippen molar-refractivity contribution in [1.82, 2.24) is 4.72 Å². The molecule has 0 amide bonds. The second-order valence-corrected chi connectivity index (χ2v) is 6.48. The monoisotopic (exact) mass is 295 g/mol. The van der Waals surface area contributed by atoms with E-state index in [0.29, 0.717) is 16.5 Å². The van der Waals surface area contributed by atoms with Gasteiger partial charge in [-0.05, 0) is 24.1 Å². The number of nitrogens with one attached hydrogen (secondary N) is 1. The summed E-state index contributed by atoms with van der Waals surface area (Å²) in [6.45, 7) is 2.19. The van der Waals surface area contributed by atoms with Crippen LogP contribution >= 0.6 is 23.2 Å². The first-order valence-electron chi connectivity index (χ1n) is 5.36. The number of halogens is 2. The lowest BCUT2D eigenvalue weighted by molar-refractivity contribution is 0.578. The van der Waals surface area contributed by atoms with Gasteiger partial charge in [-0.15, -0.1) is 0 Å². The quantitative estimate of drug-likeness (QED) is 0.876. The van der Waals surface area contributed by atoms with Crippen molar-refractivity contribution in [2.45, 2.75) is 26.3 Å². The molecule has 1 rings (SSSR count). The summed E-state index contributed by atoms with van der Waals surface area (Å²) in [5.41, 5.74) is 0.791. The van der Waals surface area contributed by atoms with E-state index in [-0.39, 0.29) is 12.3 Å². The Kier molecular flexibility index (Phi) is 5.73. The minimum Gasteiger partial charge on any atom is -0.212 e. The van der Waals surface area contributed by atoms with Gasteiger partial charge in [-0.25, -0.2) is 13.1 Å². The highest BCUT2D eigenvalue weighted by Gasteiger charge is 2.09. The fraction of sp³-hybridized carbons (Fsp3) is 0.455. The molecule has 0 fully saturated rings. The standard InChI is InChI=1S/C11H15Cl2NO2S/c1-2-3-6-17(15,16)14-8-9-4-5-10(12)11(13)7-9/h4-5,7,14H,2-3,6,8H2,1H3. The lowest BCUT2D eigenvalue weighted by atomic mass is 10.2. The lowest BCUT2D eigenvalue weighted by Crippen LogP contribution is -2.25. The summed E-state index contributed by atoms with van der Waals surface area (Å²) in [7, 11) is -3.19. The molecule has 0 aliphatic carbocycles. The van der Waals surface area contributed by atoms with Crippen LogP contribution in [-0.4, -0.2) is 14.2 Å². The Morgan fingerprint density at radius 1 is 1.24 bits per heavy atom. The highest BCUT2D eigenvalue weighted by atomic mass is 35.5. The van der Waals surface area contributed by atoms with Gasteiger partial charge in [0.1, 0.15) is 0 Å². The van der Waals surface area contributed by atoms with Crippen LogP contribution in [0, 0.1) is 0 Å². The third-order valence-electron chi connectivity index (χ3n) is 2.25. The molecule has 6 heteroatoms. The Bertz CT molecular complexity index is 474. The fourth-order valence-corrected chi connectivity index (χ4v) is 2.77. The van der Waals surface area contributed by atoms with Crippen molar-refractivity contribution < 1.29 is 8.42 Å². The Labute approximate surface area is 112 Å². The summed E-state index contributed by atoms with van der Waals surface area (Å²) in [4.78, 5) is 0. The molecule has 0 spiro atoms. The molecule has 17 heavy (non-hydrogen) atoms. The zero-order valence-electron chi connectivity index (χ0n) is 9.54. The average molecular weight is 296 g/mol. The van der Waals surface area contributed by atoms with Crippen molar-refractivity contribution in [3.8, 4) is 0 Å².